The SMILES string of the molecule is CNC(Cc1ncc(C)c(OC)c1C)c1cccc(C)c1. The van der Waals surface area contributed by atoms with Gasteiger partial charge in [-0.05, 0) is 33.4 Å². The van der Waals surface area contributed by atoms with Crippen LogP contribution < -0.4 is 10.1 Å². The van der Waals surface area contributed by atoms with Gasteiger partial charge in [-0.25, -0.2) is 0 Å². The molecule has 0 radical (unpaired) electrons. The van der Waals surface area contributed by atoms with Crippen LogP contribution in [0, 0.1) is 20.8 Å². The molecular formula is C18H24N2O. The number of nitrogens with one attached hydrogen (secondary N) is 1. The Balaban J connectivity index is 2.31. The minimum Gasteiger partial charge on any atom is -0.496 e. The lowest BCUT2D eigenvalue weighted by molar-refractivity contribution is 0.406. The van der Waals surface area contributed by atoms with Gasteiger partial charge in [-0.3, -0.25) is 4.98 Å². The standard InChI is InChI=1S/C18H24N2O/c1-12-7-6-8-15(9-12)17(19-4)10-16-14(3)18(21-5)13(2)11-20-16/h6-9,11,17,19H,10H2,1-5H3. The van der Waals surface area contributed by atoms with Gasteiger partial charge in [0.1, 0.15) is 5.75 Å². The molecule has 0 amide bonds. The zero-order chi connectivity index (χ0) is 15.4. The van der Waals surface area contributed by atoms with Crippen molar-refractivity contribution in [2.45, 2.75) is 33.2 Å². The molecular weight excluding hydrogens is 260 g/mol. The maximum absolute atomic E-state index is 5.50. The smallest absolute Gasteiger partial charge is 0.128 e. The van der Waals surface area contributed by atoms with Crippen molar-refractivity contribution in [1.29, 1.82) is 0 Å². The van der Waals surface area contributed by atoms with Crippen LogP contribution in [0.15, 0.2) is 30.5 Å². The number of hydrogen-bond acceptors (Lipinski definition) is 3. The van der Waals surface area contributed by atoms with Crippen LogP contribution in [0.25, 0.3) is 0 Å². The number of pyridine rings is 1. The Kier molecular flexibility index (Phi) is 4.97. The summed E-state index contributed by atoms with van der Waals surface area (Å²) < 4.78 is 5.50. The maximum atomic E-state index is 5.50. The van der Waals surface area contributed by atoms with Crippen LogP contribution in [0.1, 0.15) is 34.0 Å². The molecule has 1 aromatic carbocycles. The fraction of sp³-hybridized carbons (Fsp3) is 0.389. The Hall–Kier alpha value is -1.87. The first-order valence-corrected chi connectivity index (χ1v) is 7.29. The molecule has 0 bridgehead atoms. The summed E-state index contributed by atoms with van der Waals surface area (Å²) in [5.41, 5.74) is 5.86. The van der Waals surface area contributed by atoms with E-state index < -0.39 is 0 Å². The lowest BCUT2D eigenvalue weighted by Crippen LogP contribution is -2.20. The van der Waals surface area contributed by atoms with Crippen LogP contribution in [0.3, 0.4) is 0 Å². The molecule has 0 spiro atoms. The predicted octanol–water partition coefficient (Wildman–Crippen LogP) is 3.52. The quantitative estimate of drug-likeness (QED) is 0.912. The van der Waals surface area contributed by atoms with Crippen LogP contribution >= 0.6 is 0 Å². The van der Waals surface area contributed by atoms with Crippen molar-refractivity contribution in [3.8, 4) is 5.75 Å². The second kappa shape index (κ2) is 6.72. The number of ether oxygens (including phenoxy) is 1. The maximum Gasteiger partial charge on any atom is 0.128 e. The number of nitrogens with zero attached hydrogens (tertiary/aromatic N) is 1. The molecule has 3 nitrogen and oxygen atoms in total. The average Bonchev–Trinajstić information content (AvgIpc) is 2.47. The molecule has 1 aromatic heterocycles. The molecule has 0 saturated carbocycles. The predicted molar refractivity (Wildman–Crippen MR) is 86.9 cm³/mol. The Morgan fingerprint density at radius 3 is 2.62 bits per heavy atom. The summed E-state index contributed by atoms with van der Waals surface area (Å²) in [6, 6.07) is 8.86. The first-order chi connectivity index (χ1) is 10.1. The van der Waals surface area contributed by atoms with Crippen molar-refractivity contribution < 1.29 is 4.74 Å². The third-order valence-electron chi connectivity index (χ3n) is 3.94. The number of rotatable bonds is 5. The molecule has 1 heterocycles. The Morgan fingerprint density at radius 2 is 2.00 bits per heavy atom. The van der Waals surface area contributed by atoms with Gasteiger partial charge in [0.05, 0.1) is 7.11 Å². The van der Waals surface area contributed by atoms with Gasteiger partial charge in [0.15, 0.2) is 0 Å². The molecule has 112 valence electrons. The zero-order valence-electron chi connectivity index (χ0n) is 13.5. The number of likely N-dealkylation sites (N-methyl/N-ethyl adjacent to an activating group) is 1. The molecule has 1 atom stereocenters. The monoisotopic (exact) mass is 284 g/mol. The number of aromatic nitrogens is 1. The third kappa shape index (κ3) is 3.42. The van der Waals surface area contributed by atoms with Crippen molar-refractivity contribution in [3.63, 3.8) is 0 Å². The first kappa shape index (κ1) is 15.5. The molecule has 1 unspecified atom stereocenters. The van der Waals surface area contributed by atoms with E-state index in [1.165, 1.54) is 11.1 Å². The second-order valence-corrected chi connectivity index (χ2v) is 5.51. The van der Waals surface area contributed by atoms with Crippen molar-refractivity contribution >= 4 is 0 Å². The highest BCUT2D eigenvalue weighted by Gasteiger charge is 2.15. The third-order valence-corrected chi connectivity index (χ3v) is 3.94. The minimum absolute atomic E-state index is 0.253. The van der Waals surface area contributed by atoms with Gasteiger partial charge in [-0.15, -0.1) is 0 Å². The van der Waals surface area contributed by atoms with Crippen molar-refractivity contribution in [1.82, 2.24) is 10.3 Å². The second-order valence-electron chi connectivity index (χ2n) is 5.51. The van der Waals surface area contributed by atoms with Crippen LogP contribution in [0.2, 0.25) is 0 Å². The summed E-state index contributed by atoms with van der Waals surface area (Å²) in [7, 11) is 3.71. The van der Waals surface area contributed by atoms with E-state index in [9.17, 15) is 0 Å². The lowest BCUT2D eigenvalue weighted by atomic mass is 9.97. The van der Waals surface area contributed by atoms with Crippen LogP contribution in [0.5, 0.6) is 5.75 Å². The van der Waals surface area contributed by atoms with Crippen LogP contribution in [0.4, 0.5) is 0 Å². The summed E-state index contributed by atoms with van der Waals surface area (Å²) in [4.78, 5) is 4.60. The Labute approximate surface area is 127 Å². The molecule has 0 aliphatic carbocycles. The Morgan fingerprint density at radius 1 is 1.24 bits per heavy atom. The Bertz CT molecular complexity index is 623. The number of methoxy groups -OCH3 is 1. The van der Waals surface area contributed by atoms with Gasteiger partial charge in [0, 0.05) is 35.5 Å². The number of aryl methyl sites for hydroxylation is 2. The van der Waals surface area contributed by atoms with Crippen LogP contribution in [-0.4, -0.2) is 19.1 Å². The van der Waals surface area contributed by atoms with Crippen molar-refractivity contribution in [2.24, 2.45) is 0 Å². The van der Waals surface area contributed by atoms with E-state index in [0.29, 0.717) is 0 Å². The molecule has 1 N–H and O–H groups in total. The molecule has 2 rings (SSSR count). The average molecular weight is 284 g/mol. The summed E-state index contributed by atoms with van der Waals surface area (Å²) in [5.74, 6) is 0.944. The highest BCUT2D eigenvalue weighted by molar-refractivity contribution is 5.41. The number of benzene rings is 1. The van der Waals surface area contributed by atoms with Gasteiger partial charge in [0.2, 0.25) is 0 Å². The van der Waals surface area contributed by atoms with Crippen molar-refractivity contribution in [3.05, 3.63) is 58.4 Å². The largest absolute Gasteiger partial charge is 0.496 e. The topological polar surface area (TPSA) is 34.2 Å². The molecule has 2 aromatic rings. The van der Waals surface area contributed by atoms with Gasteiger partial charge < -0.3 is 10.1 Å². The summed E-state index contributed by atoms with van der Waals surface area (Å²) in [6.45, 7) is 6.23. The van der Waals surface area contributed by atoms with Gasteiger partial charge in [-0.1, -0.05) is 29.8 Å². The highest BCUT2D eigenvalue weighted by atomic mass is 16.5. The molecule has 0 aliphatic rings. The van der Waals surface area contributed by atoms with E-state index >= 15 is 0 Å². The number of hydrogen-bond donors (Lipinski definition) is 1. The van der Waals surface area contributed by atoms with Gasteiger partial charge >= 0.3 is 0 Å². The van der Waals surface area contributed by atoms with Crippen LogP contribution in [-0.2, 0) is 6.42 Å². The van der Waals surface area contributed by atoms with E-state index in [4.69, 9.17) is 4.74 Å². The van der Waals surface area contributed by atoms with E-state index in [2.05, 4.69) is 48.4 Å². The first-order valence-electron chi connectivity index (χ1n) is 7.29. The van der Waals surface area contributed by atoms with E-state index in [0.717, 1.165) is 29.0 Å². The van der Waals surface area contributed by atoms with E-state index in [1.54, 1.807) is 7.11 Å². The molecule has 3 heteroatoms. The molecule has 0 aliphatic heterocycles. The van der Waals surface area contributed by atoms with E-state index in [1.807, 2.05) is 20.2 Å². The zero-order valence-corrected chi connectivity index (χ0v) is 13.5. The molecule has 0 fully saturated rings. The summed E-state index contributed by atoms with van der Waals surface area (Å²) in [5, 5.41) is 3.39. The van der Waals surface area contributed by atoms with Crippen molar-refractivity contribution in [2.75, 3.05) is 14.2 Å². The van der Waals surface area contributed by atoms with E-state index in [-0.39, 0.29) is 6.04 Å². The minimum atomic E-state index is 0.253. The molecule has 21 heavy (non-hydrogen) atoms. The normalized spacial score (nSPS) is 12.2. The molecule has 0 saturated heterocycles. The van der Waals surface area contributed by atoms with Gasteiger partial charge in [-0.2, -0.15) is 0 Å². The summed E-state index contributed by atoms with van der Waals surface area (Å²) >= 11 is 0. The fourth-order valence-electron chi connectivity index (χ4n) is 2.74. The highest BCUT2D eigenvalue weighted by Crippen LogP contribution is 2.27. The van der Waals surface area contributed by atoms with Gasteiger partial charge in [0.25, 0.3) is 0 Å². The lowest BCUT2D eigenvalue weighted by Gasteiger charge is -2.19. The fourth-order valence-corrected chi connectivity index (χ4v) is 2.74. The summed E-state index contributed by atoms with van der Waals surface area (Å²) in [6.07, 6.45) is 2.74.